The molecule has 0 spiro atoms. The van der Waals surface area contributed by atoms with Crippen LogP contribution in [0.5, 0.6) is 0 Å². The molecule has 17 heavy (non-hydrogen) atoms. The van der Waals surface area contributed by atoms with Crippen molar-refractivity contribution < 1.29 is 8.42 Å². The van der Waals surface area contributed by atoms with Crippen molar-refractivity contribution in [2.75, 3.05) is 28.7 Å². The maximum Gasteiger partial charge on any atom is 0.152 e. The number of hydrogen-bond donors (Lipinski definition) is 2. The van der Waals surface area contributed by atoms with Gasteiger partial charge in [0.25, 0.3) is 0 Å². The first-order valence-corrected chi connectivity index (χ1v) is 7.58. The second-order valence-electron chi connectivity index (χ2n) is 4.20. The Balaban J connectivity index is 2.01. The van der Waals surface area contributed by atoms with E-state index in [0.717, 1.165) is 18.1 Å². The molecule has 1 aliphatic rings. The van der Waals surface area contributed by atoms with Gasteiger partial charge in [0.05, 0.1) is 11.5 Å². The van der Waals surface area contributed by atoms with Gasteiger partial charge in [0, 0.05) is 30.5 Å². The normalized spacial score (nSPS) is 22.3. The number of aromatic nitrogens is 1. The molecule has 0 bridgehead atoms. The molecule has 0 saturated carbocycles. The van der Waals surface area contributed by atoms with E-state index >= 15 is 0 Å². The minimum Gasteiger partial charge on any atom is -0.381 e. The standard InChI is InChI=1S/C11H17N3O2S/c1-2-12-11-7-9(3-5-13-11)14-10-4-6-17(15,16)8-10/h3,5,7,10H,2,4,6,8H2,1H3,(H2,12,13,14). The summed E-state index contributed by atoms with van der Waals surface area (Å²) < 4.78 is 22.7. The minimum absolute atomic E-state index is 0.0249. The van der Waals surface area contributed by atoms with E-state index in [-0.39, 0.29) is 17.5 Å². The molecule has 1 atom stereocenters. The van der Waals surface area contributed by atoms with Crippen molar-refractivity contribution in [3.63, 3.8) is 0 Å². The SMILES string of the molecule is CCNc1cc(NC2CCS(=O)(=O)C2)ccn1. The average Bonchev–Trinajstić information content (AvgIpc) is 2.59. The zero-order valence-corrected chi connectivity index (χ0v) is 10.6. The van der Waals surface area contributed by atoms with E-state index in [0.29, 0.717) is 6.42 Å². The van der Waals surface area contributed by atoms with Crippen molar-refractivity contribution in [3.05, 3.63) is 18.3 Å². The first-order chi connectivity index (χ1) is 8.09. The molecule has 1 aromatic rings. The van der Waals surface area contributed by atoms with Gasteiger partial charge in [-0.25, -0.2) is 13.4 Å². The zero-order valence-electron chi connectivity index (χ0n) is 9.81. The summed E-state index contributed by atoms with van der Waals surface area (Å²) in [7, 11) is -2.83. The molecule has 6 heteroatoms. The summed E-state index contributed by atoms with van der Waals surface area (Å²) in [5, 5.41) is 6.36. The Morgan fingerprint density at radius 1 is 1.53 bits per heavy atom. The van der Waals surface area contributed by atoms with E-state index in [9.17, 15) is 8.42 Å². The van der Waals surface area contributed by atoms with Gasteiger partial charge in [-0.1, -0.05) is 0 Å². The van der Waals surface area contributed by atoms with Crippen LogP contribution in [0.25, 0.3) is 0 Å². The molecule has 2 rings (SSSR count). The summed E-state index contributed by atoms with van der Waals surface area (Å²) in [6.07, 6.45) is 2.39. The van der Waals surface area contributed by atoms with Crippen LogP contribution >= 0.6 is 0 Å². The lowest BCUT2D eigenvalue weighted by molar-refractivity contribution is 0.602. The minimum atomic E-state index is -2.83. The summed E-state index contributed by atoms with van der Waals surface area (Å²) >= 11 is 0. The van der Waals surface area contributed by atoms with Gasteiger partial charge in [-0.3, -0.25) is 0 Å². The van der Waals surface area contributed by atoms with Gasteiger partial charge in [0.15, 0.2) is 9.84 Å². The van der Waals surface area contributed by atoms with Gasteiger partial charge in [-0.2, -0.15) is 0 Å². The van der Waals surface area contributed by atoms with E-state index in [1.807, 2.05) is 19.1 Å². The summed E-state index contributed by atoms with van der Waals surface area (Å²) in [5.41, 5.74) is 0.915. The van der Waals surface area contributed by atoms with Crippen molar-refractivity contribution in [2.45, 2.75) is 19.4 Å². The lowest BCUT2D eigenvalue weighted by atomic mass is 10.2. The van der Waals surface area contributed by atoms with Gasteiger partial charge in [0.1, 0.15) is 5.82 Å². The quantitative estimate of drug-likeness (QED) is 0.843. The van der Waals surface area contributed by atoms with Crippen LogP contribution in [0.15, 0.2) is 18.3 Å². The second kappa shape index (κ2) is 4.91. The fraction of sp³-hybridized carbons (Fsp3) is 0.545. The molecule has 2 heterocycles. The molecule has 1 unspecified atom stereocenters. The molecule has 94 valence electrons. The van der Waals surface area contributed by atoms with Crippen molar-refractivity contribution >= 4 is 21.3 Å². The van der Waals surface area contributed by atoms with Gasteiger partial charge < -0.3 is 10.6 Å². The number of nitrogens with one attached hydrogen (secondary N) is 2. The number of nitrogens with zero attached hydrogens (tertiary/aromatic N) is 1. The number of anilines is 2. The highest BCUT2D eigenvalue weighted by Gasteiger charge is 2.27. The molecular formula is C11H17N3O2S. The number of sulfone groups is 1. The van der Waals surface area contributed by atoms with Gasteiger partial charge in [0.2, 0.25) is 0 Å². The van der Waals surface area contributed by atoms with Crippen molar-refractivity contribution in [1.29, 1.82) is 0 Å². The molecule has 0 aliphatic carbocycles. The topological polar surface area (TPSA) is 71.1 Å². The Morgan fingerprint density at radius 3 is 3.00 bits per heavy atom. The summed E-state index contributed by atoms with van der Waals surface area (Å²) in [6.45, 7) is 2.82. The molecule has 2 N–H and O–H groups in total. The summed E-state index contributed by atoms with van der Waals surface area (Å²) in [4.78, 5) is 4.16. The fourth-order valence-electron chi connectivity index (χ4n) is 1.94. The van der Waals surface area contributed by atoms with E-state index in [4.69, 9.17) is 0 Å². The Hall–Kier alpha value is -1.30. The van der Waals surface area contributed by atoms with Gasteiger partial charge in [-0.15, -0.1) is 0 Å². The molecule has 1 saturated heterocycles. The Labute approximate surface area is 102 Å². The predicted molar refractivity (Wildman–Crippen MR) is 69.1 cm³/mol. The van der Waals surface area contributed by atoms with E-state index in [2.05, 4.69) is 15.6 Å². The third-order valence-electron chi connectivity index (χ3n) is 2.72. The molecule has 1 fully saturated rings. The first kappa shape index (κ1) is 12.2. The molecule has 0 radical (unpaired) electrons. The maximum atomic E-state index is 11.3. The van der Waals surface area contributed by atoms with Crippen LogP contribution in [0.3, 0.4) is 0 Å². The van der Waals surface area contributed by atoms with E-state index in [1.165, 1.54) is 0 Å². The van der Waals surface area contributed by atoms with Crippen LogP contribution in [0.1, 0.15) is 13.3 Å². The highest BCUT2D eigenvalue weighted by Crippen LogP contribution is 2.18. The van der Waals surface area contributed by atoms with Crippen LogP contribution in [0, 0.1) is 0 Å². The van der Waals surface area contributed by atoms with Gasteiger partial charge >= 0.3 is 0 Å². The zero-order chi connectivity index (χ0) is 12.3. The van der Waals surface area contributed by atoms with Crippen molar-refractivity contribution in [2.24, 2.45) is 0 Å². The Kier molecular flexibility index (Phi) is 3.51. The van der Waals surface area contributed by atoms with Crippen LogP contribution in [-0.2, 0) is 9.84 Å². The molecule has 5 nitrogen and oxygen atoms in total. The maximum absolute atomic E-state index is 11.3. The number of hydrogen-bond acceptors (Lipinski definition) is 5. The monoisotopic (exact) mass is 255 g/mol. The third kappa shape index (κ3) is 3.33. The van der Waals surface area contributed by atoms with Crippen LogP contribution in [-0.4, -0.2) is 37.5 Å². The summed E-state index contributed by atoms with van der Waals surface area (Å²) in [6, 6.07) is 3.78. The Morgan fingerprint density at radius 2 is 2.35 bits per heavy atom. The largest absolute Gasteiger partial charge is 0.381 e. The van der Waals surface area contributed by atoms with Crippen molar-refractivity contribution in [3.8, 4) is 0 Å². The first-order valence-electron chi connectivity index (χ1n) is 5.76. The lowest BCUT2D eigenvalue weighted by Crippen LogP contribution is -2.20. The van der Waals surface area contributed by atoms with Crippen molar-refractivity contribution in [1.82, 2.24) is 4.98 Å². The highest BCUT2D eigenvalue weighted by atomic mass is 32.2. The van der Waals surface area contributed by atoms with Crippen LogP contribution < -0.4 is 10.6 Å². The Bertz CT molecular complexity index is 487. The summed E-state index contributed by atoms with van der Waals surface area (Å²) in [5.74, 6) is 1.32. The van der Waals surface area contributed by atoms with E-state index < -0.39 is 9.84 Å². The lowest BCUT2D eigenvalue weighted by Gasteiger charge is -2.13. The molecule has 1 aromatic heterocycles. The number of pyridine rings is 1. The number of rotatable bonds is 4. The molecule has 0 aromatic carbocycles. The van der Waals surface area contributed by atoms with Crippen LogP contribution in [0.2, 0.25) is 0 Å². The van der Waals surface area contributed by atoms with E-state index in [1.54, 1.807) is 6.20 Å². The fourth-order valence-corrected chi connectivity index (χ4v) is 3.62. The second-order valence-corrected chi connectivity index (χ2v) is 6.43. The van der Waals surface area contributed by atoms with Crippen LogP contribution in [0.4, 0.5) is 11.5 Å². The average molecular weight is 255 g/mol. The molecule has 1 aliphatic heterocycles. The highest BCUT2D eigenvalue weighted by molar-refractivity contribution is 7.91. The van der Waals surface area contributed by atoms with Gasteiger partial charge in [-0.05, 0) is 19.4 Å². The molecular weight excluding hydrogens is 238 g/mol. The molecule has 0 amide bonds. The third-order valence-corrected chi connectivity index (χ3v) is 4.49. The smallest absolute Gasteiger partial charge is 0.152 e. The predicted octanol–water partition coefficient (Wildman–Crippen LogP) is 1.11.